The molecule has 0 bridgehead atoms. The highest BCUT2D eigenvalue weighted by molar-refractivity contribution is 5.71. The van der Waals surface area contributed by atoms with Crippen LogP contribution in [0, 0.1) is 5.92 Å². The van der Waals surface area contributed by atoms with Gasteiger partial charge >= 0.3 is 5.97 Å². The van der Waals surface area contributed by atoms with E-state index >= 15 is 0 Å². The Morgan fingerprint density at radius 1 is 1.64 bits per heavy atom. The highest BCUT2D eigenvalue weighted by Crippen LogP contribution is 2.19. The number of methoxy groups -OCH3 is 1. The summed E-state index contributed by atoms with van der Waals surface area (Å²) in [6.07, 6.45) is 1.52. The van der Waals surface area contributed by atoms with Crippen molar-refractivity contribution in [3.05, 3.63) is 0 Å². The highest BCUT2D eigenvalue weighted by atomic mass is 16.5. The van der Waals surface area contributed by atoms with Gasteiger partial charge in [0, 0.05) is 13.1 Å². The van der Waals surface area contributed by atoms with E-state index in [0.717, 1.165) is 25.9 Å². The van der Waals surface area contributed by atoms with Gasteiger partial charge in [0.05, 0.1) is 19.8 Å². The maximum Gasteiger partial charge on any atom is 0.319 e. The summed E-state index contributed by atoms with van der Waals surface area (Å²) in [6.45, 7) is 3.99. The first kappa shape index (κ1) is 11.5. The molecule has 1 rings (SSSR count). The van der Waals surface area contributed by atoms with Crippen molar-refractivity contribution in [3.63, 3.8) is 0 Å². The van der Waals surface area contributed by atoms with Crippen molar-refractivity contribution in [2.24, 2.45) is 5.92 Å². The first-order valence-corrected chi connectivity index (χ1v) is 5.14. The van der Waals surface area contributed by atoms with Gasteiger partial charge in [-0.3, -0.25) is 9.69 Å². The quantitative estimate of drug-likeness (QED) is 0.665. The number of rotatable bonds is 3. The average Bonchev–Trinajstić information content (AvgIpc) is 2.20. The molecular formula is C10H19NO3. The third-order valence-electron chi connectivity index (χ3n) is 2.88. The fourth-order valence-corrected chi connectivity index (χ4v) is 1.89. The van der Waals surface area contributed by atoms with E-state index in [4.69, 9.17) is 0 Å². The maximum atomic E-state index is 11.0. The number of hydrogen-bond donors (Lipinski definition) is 1. The largest absolute Gasteiger partial charge is 0.468 e. The van der Waals surface area contributed by atoms with Crippen LogP contribution in [0.1, 0.15) is 19.8 Å². The number of nitrogens with zero attached hydrogens (tertiary/aromatic N) is 1. The minimum atomic E-state index is -0.200. The van der Waals surface area contributed by atoms with E-state index in [-0.39, 0.29) is 12.1 Å². The molecule has 1 fully saturated rings. The molecule has 0 aromatic rings. The summed E-state index contributed by atoms with van der Waals surface area (Å²) in [5, 5.41) is 9.64. The molecular weight excluding hydrogens is 182 g/mol. The van der Waals surface area contributed by atoms with E-state index in [1.165, 1.54) is 7.11 Å². The molecule has 4 heteroatoms. The molecule has 82 valence electrons. The lowest BCUT2D eigenvalue weighted by molar-refractivity contribution is -0.143. The van der Waals surface area contributed by atoms with Gasteiger partial charge in [0.1, 0.15) is 0 Å². The van der Waals surface area contributed by atoms with Crippen LogP contribution < -0.4 is 0 Å². The number of esters is 1. The summed E-state index contributed by atoms with van der Waals surface area (Å²) in [5.74, 6) is 0.102. The summed E-state index contributed by atoms with van der Waals surface area (Å²) < 4.78 is 4.61. The maximum absolute atomic E-state index is 11.0. The Morgan fingerprint density at radius 2 is 2.36 bits per heavy atom. The van der Waals surface area contributed by atoms with E-state index in [9.17, 15) is 9.90 Å². The Kier molecular flexibility index (Phi) is 4.35. The van der Waals surface area contributed by atoms with Crippen molar-refractivity contribution in [3.8, 4) is 0 Å². The molecule has 14 heavy (non-hydrogen) atoms. The average molecular weight is 201 g/mol. The molecule has 2 unspecified atom stereocenters. The van der Waals surface area contributed by atoms with Gasteiger partial charge in [-0.25, -0.2) is 0 Å². The molecule has 0 spiro atoms. The number of piperidine rings is 1. The van der Waals surface area contributed by atoms with Crippen LogP contribution >= 0.6 is 0 Å². The highest BCUT2D eigenvalue weighted by Gasteiger charge is 2.27. The number of carbonyl (C=O) groups is 1. The van der Waals surface area contributed by atoms with Gasteiger partial charge < -0.3 is 9.84 Å². The van der Waals surface area contributed by atoms with Crippen LogP contribution in [-0.4, -0.2) is 48.8 Å². The number of ether oxygens (including phenoxy) is 1. The van der Waals surface area contributed by atoms with Gasteiger partial charge in [0.25, 0.3) is 0 Å². The van der Waals surface area contributed by atoms with Crippen LogP contribution in [0.2, 0.25) is 0 Å². The fourth-order valence-electron chi connectivity index (χ4n) is 1.89. The fraction of sp³-hybridized carbons (Fsp3) is 0.900. The molecule has 0 aromatic carbocycles. The molecule has 1 saturated heterocycles. The summed E-state index contributed by atoms with van der Waals surface area (Å²) in [5.41, 5.74) is 0. The minimum absolute atomic E-state index is 0.198. The van der Waals surface area contributed by atoms with E-state index in [1.54, 1.807) is 0 Å². The van der Waals surface area contributed by atoms with Crippen molar-refractivity contribution in [1.29, 1.82) is 0 Å². The molecule has 1 aliphatic rings. The van der Waals surface area contributed by atoms with Gasteiger partial charge in [0.2, 0.25) is 0 Å². The van der Waals surface area contributed by atoms with Crippen molar-refractivity contribution in [2.75, 3.05) is 26.7 Å². The summed E-state index contributed by atoms with van der Waals surface area (Å²) in [4.78, 5) is 13.1. The smallest absolute Gasteiger partial charge is 0.319 e. The minimum Gasteiger partial charge on any atom is -0.468 e. The number of aliphatic hydroxyl groups is 1. The monoisotopic (exact) mass is 201 g/mol. The van der Waals surface area contributed by atoms with Crippen molar-refractivity contribution >= 4 is 5.97 Å². The molecule has 0 amide bonds. The van der Waals surface area contributed by atoms with E-state index in [2.05, 4.69) is 11.7 Å². The first-order valence-electron chi connectivity index (χ1n) is 5.14. The van der Waals surface area contributed by atoms with Crippen LogP contribution in [0.5, 0.6) is 0 Å². The zero-order chi connectivity index (χ0) is 10.6. The van der Waals surface area contributed by atoms with Crippen molar-refractivity contribution < 1.29 is 14.6 Å². The van der Waals surface area contributed by atoms with Gasteiger partial charge in [-0.1, -0.05) is 6.92 Å². The Morgan fingerprint density at radius 3 is 2.93 bits per heavy atom. The standard InChI is InChI=1S/C10H19NO3/c1-3-8-6-11(5-4-9(8)12)7-10(13)14-2/h8-9,12H,3-7H2,1-2H3. The zero-order valence-electron chi connectivity index (χ0n) is 8.90. The number of hydrogen-bond acceptors (Lipinski definition) is 4. The lowest BCUT2D eigenvalue weighted by atomic mass is 9.92. The van der Waals surface area contributed by atoms with Crippen LogP contribution in [0.4, 0.5) is 0 Å². The van der Waals surface area contributed by atoms with E-state index < -0.39 is 0 Å². The van der Waals surface area contributed by atoms with Crippen LogP contribution in [-0.2, 0) is 9.53 Å². The van der Waals surface area contributed by atoms with Crippen LogP contribution in [0.15, 0.2) is 0 Å². The zero-order valence-corrected chi connectivity index (χ0v) is 8.90. The van der Waals surface area contributed by atoms with Gasteiger partial charge in [-0.15, -0.1) is 0 Å². The molecule has 1 heterocycles. The second-order valence-corrected chi connectivity index (χ2v) is 3.84. The number of carbonyl (C=O) groups excluding carboxylic acids is 1. The second kappa shape index (κ2) is 5.32. The Bertz CT molecular complexity index is 196. The first-order chi connectivity index (χ1) is 6.67. The topological polar surface area (TPSA) is 49.8 Å². The predicted octanol–water partition coefficient (Wildman–Crippen LogP) is 0.252. The number of likely N-dealkylation sites (tertiary alicyclic amines) is 1. The third kappa shape index (κ3) is 2.96. The van der Waals surface area contributed by atoms with E-state index in [0.29, 0.717) is 12.5 Å². The second-order valence-electron chi connectivity index (χ2n) is 3.84. The van der Waals surface area contributed by atoms with E-state index in [1.807, 2.05) is 4.90 Å². The molecule has 1 aliphatic heterocycles. The van der Waals surface area contributed by atoms with Crippen molar-refractivity contribution in [2.45, 2.75) is 25.9 Å². The molecule has 2 atom stereocenters. The third-order valence-corrected chi connectivity index (χ3v) is 2.88. The SMILES string of the molecule is CCC1CN(CC(=O)OC)CCC1O. The Balaban J connectivity index is 2.38. The molecule has 0 saturated carbocycles. The Labute approximate surface area is 84.8 Å². The molecule has 0 aromatic heterocycles. The molecule has 4 nitrogen and oxygen atoms in total. The van der Waals surface area contributed by atoms with Gasteiger partial charge in [-0.05, 0) is 18.8 Å². The molecule has 0 aliphatic carbocycles. The van der Waals surface area contributed by atoms with Crippen LogP contribution in [0.3, 0.4) is 0 Å². The van der Waals surface area contributed by atoms with Crippen molar-refractivity contribution in [1.82, 2.24) is 4.90 Å². The lowest BCUT2D eigenvalue weighted by Crippen LogP contribution is -2.45. The predicted molar refractivity (Wildman–Crippen MR) is 52.9 cm³/mol. The summed E-state index contributed by atoms with van der Waals surface area (Å²) in [6, 6.07) is 0. The lowest BCUT2D eigenvalue weighted by Gasteiger charge is -2.34. The summed E-state index contributed by atoms with van der Waals surface area (Å²) in [7, 11) is 1.40. The summed E-state index contributed by atoms with van der Waals surface area (Å²) >= 11 is 0. The van der Waals surface area contributed by atoms with Gasteiger partial charge in [0.15, 0.2) is 0 Å². The molecule has 1 N–H and O–H groups in total. The van der Waals surface area contributed by atoms with Gasteiger partial charge in [-0.2, -0.15) is 0 Å². The normalized spacial score (nSPS) is 28.8. The number of aliphatic hydroxyl groups excluding tert-OH is 1. The molecule has 0 radical (unpaired) electrons. The van der Waals surface area contributed by atoms with Crippen LogP contribution in [0.25, 0.3) is 0 Å². The Hall–Kier alpha value is -0.610.